The van der Waals surface area contributed by atoms with Crippen molar-refractivity contribution in [3.63, 3.8) is 0 Å². The van der Waals surface area contributed by atoms with Gasteiger partial charge >= 0.3 is 5.97 Å². The van der Waals surface area contributed by atoms with Crippen molar-refractivity contribution in [3.05, 3.63) is 59.2 Å². The summed E-state index contributed by atoms with van der Waals surface area (Å²) in [5.74, 6) is 0.925. The zero-order valence-corrected chi connectivity index (χ0v) is 18.1. The number of allylic oxidation sites excluding steroid dienone is 2. The molecular formula is C26H36O2. The minimum absolute atomic E-state index is 0.105. The third kappa shape index (κ3) is 4.42. The van der Waals surface area contributed by atoms with E-state index >= 15 is 0 Å². The number of fused-ring (bicyclic) bond motifs is 1. The Bertz CT molecular complexity index is 742. The highest BCUT2D eigenvalue weighted by Crippen LogP contribution is 2.53. The monoisotopic (exact) mass is 380 g/mol. The van der Waals surface area contributed by atoms with Crippen LogP contribution in [0.15, 0.2) is 48.1 Å². The minimum Gasteiger partial charge on any atom is -0.455 e. The van der Waals surface area contributed by atoms with Crippen LogP contribution in [0.4, 0.5) is 0 Å². The lowest BCUT2D eigenvalue weighted by atomic mass is 9.57. The quantitative estimate of drug-likeness (QED) is 0.396. The zero-order valence-electron chi connectivity index (χ0n) is 18.1. The van der Waals surface area contributed by atoms with Crippen LogP contribution in [0.2, 0.25) is 0 Å². The van der Waals surface area contributed by atoms with Gasteiger partial charge < -0.3 is 4.74 Å². The molecule has 2 aliphatic rings. The largest absolute Gasteiger partial charge is 0.455 e. The number of unbranched alkanes of at least 4 members (excludes halogenated alkanes) is 1. The topological polar surface area (TPSA) is 26.3 Å². The maximum absolute atomic E-state index is 12.7. The fraction of sp³-hybridized carbons (Fsp3) is 0.577. The maximum Gasteiger partial charge on any atom is 0.338 e. The second kappa shape index (κ2) is 8.68. The van der Waals surface area contributed by atoms with Crippen LogP contribution >= 0.6 is 0 Å². The van der Waals surface area contributed by atoms with Gasteiger partial charge in [-0.3, -0.25) is 0 Å². The number of aryl methyl sites for hydroxylation is 1. The van der Waals surface area contributed by atoms with Crippen LogP contribution in [0.25, 0.3) is 0 Å². The van der Waals surface area contributed by atoms with Crippen LogP contribution in [0.1, 0.15) is 82.1 Å². The SMILES string of the molecule is C=C(C)[C@@H]1CCC2=C[C@H](OC(=O)c3ccc(CCCC)cc3)C[C@@H](C)[C@]2(C)C1. The van der Waals surface area contributed by atoms with Gasteiger partial charge in [0.15, 0.2) is 0 Å². The summed E-state index contributed by atoms with van der Waals surface area (Å²) in [5, 5.41) is 0. The molecule has 0 saturated heterocycles. The summed E-state index contributed by atoms with van der Waals surface area (Å²) in [6, 6.07) is 7.94. The number of esters is 1. The number of rotatable bonds is 6. The fourth-order valence-electron chi connectivity index (χ4n) is 4.95. The highest BCUT2D eigenvalue weighted by molar-refractivity contribution is 5.89. The van der Waals surface area contributed by atoms with Gasteiger partial charge in [-0.1, -0.05) is 57.0 Å². The van der Waals surface area contributed by atoms with Gasteiger partial charge in [0.2, 0.25) is 0 Å². The van der Waals surface area contributed by atoms with Crippen molar-refractivity contribution < 1.29 is 9.53 Å². The van der Waals surface area contributed by atoms with Crippen molar-refractivity contribution >= 4 is 5.97 Å². The van der Waals surface area contributed by atoms with E-state index in [0.29, 0.717) is 17.4 Å². The van der Waals surface area contributed by atoms with Gasteiger partial charge in [0.25, 0.3) is 0 Å². The van der Waals surface area contributed by atoms with Crippen molar-refractivity contribution in [2.75, 3.05) is 0 Å². The molecule has 1 fully saturated rings. The van der Waals surface area contributed by atoms with Gasteiger partial charge in [-0.25, -0.2) is 4.79 Å². The van der Waals surface area contributed by atoms with E-state index in [4.69, 9.17) is 4.74 Å². The molecule has 0 spiro atoms. The Morgan fingerprint density at radius 1 is 1.29 bits per heavy atom. The number of hydrogen-bond acceptors (Lipinski definition) is 2. The summed E-state index contributed by atoms with van der Waals surface area (Å²) in [5.41, 5.74) is 4.95. The van der Waals surface area contributed by atoms with Crippen molar-refractivity contribution in [1.82, 2.24) is 0 Å². The van der Waals surface area contributed by atoms with E-state index in [1.165, 1.54) is 42.4 Å². The molecule has 2 nitrogen and oxygen atoms in total. The van der Waals surface area contributed by atoms with E-state index in [9.17, 15) is 4.79 Å². The lowest BCUT2D eigenvalue weighted by Crippen LogP contribution is -2.40. The molecule has 0 heterocycles. The number of carbonyl (C=O) groups is 1. The van der Waals surface area contributed by atoms with Crippen molar-refractivity contribution in [2.45, 2.75) is 78.7 Å². The van der Waals surface area contributed by atoms with Crippen molar-refractivity contribution in [3.8, 4) is 0 Å². The molecule has 1 aromatic carbocycles. The molecule has 2 aliphatic carbocycles. The normalized spacial score (nSPS) is 29.6. The van der Waals surface area contributed by atoms with Gasteiger partial charge in [-0.2, -0.15) is 0 Å². The fourth-order valence-corrected chi connectivity index (χ4v) is 4.95. The van der Waals surface area contributed by atoms with Crippen molar-refractivity contribution in [2.24, 2.45) is 17.3 Å². The average molecular weight is 381 g/mol. The van der Waals surface area contributed by atoms with Gasteiger partial charge in [-0.15, -0.1) is 0 Å². The molecule has 1 saturated carbocycles. The highest BCUT2D eigenvalue weighted by atomic mass is 16.5. The molecule has 28 heavy (non-hydrogen) atoms. The Balaban J connectivity index is 1.67. The third-order valence-corrected chi connectivity index (χ3v) is 7.19. The maximum atomic E-state index is 12.7. The predicted molar refractivity (Wildman–Crippen MR) is 116 cm³/mol. The van der Waals surface area contributed by atoms with Crippen LogP contribution in [-0.4, -0.2) is 12.1 Å². The first-order valence-electron chi connectivity index (χ1n) is 11.0. The summed E-state index contributed by atoms with van der Waals surface area (Å²) < 4.78 is 5.90. The first-order valence-corrected chi connectivity index (χ1v) is 11.0. The van der Waals surface area contributed by atoms with E-state index in [0.717, 1.165) is 19.3 Å². The molecule has 152 valence electrons. The molecule has 3 rings (SSSR count). The number of benzene rings is 1. The first-order chi connectivity index (χ1) is 13.3. The van der Waals surface area contributed by atoms with E-state index in [1.54, 1.807) is 0 Å². The zero-order chi connectivity index (χ0) is 20.3. The predicted octanol–water partition coefficient (Wildman–Crippen LogP) is 6.90. The molecule has 2 heteroatoms. The van der Waals surface area contributed by atoms with E-state index in [1.807, 2.05) is 12.1 Å². The first kappa shape index (κ1) is 20.9. The van der Waals surface area contributed by atoms with Crippen molar-refractivity contribution in [1.29, 1.82) is 0 Å². The molecule has 4 atom stereocenters. The molecule has 0 aliphatic heterocycles. The number of hydrogen-bond donors (Lipinski definition) is 0. The Labute approximate surface area is 171 Å². The van der Waals surface area contributed by atoms with E-state index in [2.05, 4.69) is 52.5 Å². The Morgan fingerprint density at radius 2 is 2.00 bits per heavy atom. The van der Waals surface area contributed by atoms with Gasteiger partial charge in [0, 0.05) is 0 Å². The average Bonchev–Trinajstić information content (AvgIpc) is 2.67. The van der Waals surface area contributed by atoms with Crippen LogP contribution in [-0.2, 0) is 11.2 Å². The lowest BCUT2D eigenvalue weighted by Gasteiger charge is -2.48. The molecule has 0 amide bonds. The smallest absolute Gasteiger partial charge is 0.338 e. The molecule has 1 aromatic rings. The van der Waals surface area contributed by atoms with Crippen LogP contribution in [0.5, 0.6) is 0 Å². The van der Waals surface area contributed by atoms with Crippen LogP contribution in [0.3, 0.4) is 0 Å². The Hall–Kier alpha value is -1.83. The molecular weight excluding hydrogens is 344 g/mol. The summed E-state index contributed by atoms with van der Waals surface area (Å²) in [7, 11) is 0. The van der Waals surface area contributed by atoms with E-state index < -0.39 is 0 Å². The summed E-state index contributed by atoms with van der Waals surface area (Å²) >= 11 is 0. The second-order valence-corrected chi connectivity index (χ2v) is 9.28. The Kier molecular flexibility index (Phi) is 6.47. The van der Waals surface area contributed by atoms with Crippen LogP contribution < -0.4 is 0 Å². The standard InChI is InChI=1S/C26H36O2/c1-6-7-8-20-9-11-21(12-10-20)25(27)28-24-15-19(4)26(5)17-22(18(2)3)13-14-23(26)16-24/h9-12,16,19,22,24H,2,6-8,13-15,17H2,1,3-5H3/t19-,22-,24-,26+/m1/s1. The van der Waals surface area contributed by atoms with Crippen LogP contribution in [0, 0.1) is 17.3 Å². The van der Waals surface area contributed by atoms with Gasteiger partial charge in [0.05, 0.1) is 5.56 Å². The van der Waals surface area contributed by atoms with Gasteiger partial charge in [0.1, 0.15) is 6.10 Å². The summed E-state index contributed by atoms with van der Waals surface area (Å²) in [4.78, 5) is 12.7. The summed E-state index contributed by atoms with van der Waals surface area (Å²) in [6.45, 7) is 13.3. The lowest BCUT2D eigenvalue weighted by molar-refractivity contribution is 0.0224. The Morgan fingerprint density at radius 3 is 2.64 bits per heavy atom. The second-order valence-electron chi connectivity index (χ2n) is 9.28. The van der Waals surface area contributed by atoms with E-state index in [-0.39, 0.29) is 17.5 Å². The molecule has 0 unspecified atom stereocenters. The third-order valence-electron chi connectivity index (χ3n) is 7.19. The molecule has 0 bridgehead atoms. The summed E-state index contributed by atoms with van der Waals surface area (Å²) in [6.07, 6.45) is 9.93. The number of ether oxygens (including phenoxy) is 1. The minimum atomic E-state index is -0.199. The molecule has 0 aromatic heterocycles. The van der Waals surface area contributed by atoms with Gasteiger partial charge in [-0.05, 0) is 86.5 Å². The highest BCUT2D eigenvalue weighted by Gasteiger charge is 2.44. The number of carbonyl (C=O) groups excluding carboxylic acids is 1. The molecule has 0 radical (unpaired) electrons. The molecule has 0 N–H and O–H groups in total.